The number of hydrogen-bond acceptors (Lipinski definition) is 0. The molecule has 4 aliphatic carbocycles. The number of allylic oxidation sites excluding steroid dienone is 16. The SMILES string of the molecule is CCC(C)C1=CC([Si](C)(C)C2=C3C=CC=CC3C=C2)=C2C=CC=CC12. The summed E-state index contributed by atoms with van der Waals surface area (Å²) in [5.41, 5.74) is 4.72. The molecule has 0 bridgehead atoms. The minimum atomic E-state index is -1.73. The first-order valence-electron chi connectivity index (χ1n) is 9.62. The van der Waals surface area contributed by atoms with E-state index in [4.69, 9.17) is 0 Å². The van der Waals surface area contributed by atoms with E-state index in [9.17, 15) is 0 Å². The fourth-order valence-electron chi connectivity index (χ4n) is 4.66. The molecule has 0 saturated carbocycles. The van der Waals surface area contributed by atoms with Gasteiger partial charge in [0.15, 0.2) is 0 Å². The summed E-state index contributed by atoms with van der Waals surface area (Å²) in [6.07, 6.45) is 26.9. The van der Waals surface area contributed by atoms with E-state index < -0.39 is 8.07 Å². The van der Waals surface area contributed by atoms with E-state index in [2.05, 4.69) is 93.8 Å². The second-order valence-corrected chi connectivity index (χ2v) is 12.5. The smallest absolute Gasteiger partial charge is 0.0733 e. The average molecular weight is 345 g/mol. The molecule has 4 aliphatic rings. The lowest BCUT2D eigenvalue weighted by atomic mass is 9.84. The Labute approximate surface area is 153 Å². The summed E-state index contributed by atoms with van der Waals surface area (Å²) in [7, 11) is -1.73. The highest BCUT2D eigenvalue weighted by atomic mass is 28.3. The van der Waals surface area contributed by atoms with Crippen LogP contribution in [0.4, 0.5) is 0 Å². The topological polar surface area (TPSA) is 0 Å². The molecule has 0 N–H and O–H groups in total. The fraction of sp³-hybridized carbons (Fsp3) is 0.333. The predicted octanol–water partition coefficient (Wildman–Crippen LogP) is 6.41. The van der Waals surface area contributed by atoms with Crippen LogP contribution in [0.3, 0.4) is 0 Å². The van der Waals surface area contributed by atoms with Gasteiger partial charge in [-0.25, -0.2) is 0 Å². The lowest BCUT2D eigenvalue weighted by molar-refractivity contribution is 0.611. The lowest BCUT2D eigenvalue weighted by Gasteiger charge is -2.28. The molecule has 0 spiro atoms. The van der Waals surface area contributed by atoms with Gasteiger partial charge in [0.05, 0.1) is 0 Å². The molecule has 0 amide bonds. The predicted molar refractivity (Wildman–Crippen MR) is 112 cm³/mol. The minimum Gasteiger partial charge on any atom is -0.0733 e. The Morgan fingerprint density at radius 1 is 0.880 bits per heavy atom. The summed E-state index contributed by atoms with van der Waals surface area (Å²) in [5, 5.41) is 3.26. The first kappa shape index (κ1) is 16.6. The van der Waals surface area contributed by atoms with E-state index in [0.29, 0.717) is 17.8 Å². The van der Waals surface area contributed by atoms with E-state index in [1.165, 1.54) is 12.0 Å². The molecule has 0 aromatic rings. The molecule has 0 aliphatic heterocycles. The van der Waals surface area contributed by atoms with Gasteiger partial charge in [0.2, 0.25) is 0 Å². The van der Waals surface area contributed by atoms with Crippen LogP contribution in [-0.4, -0.2) is 8.07 Å². The maximum atomic E-state index is 2.58. The monoisotopic (exact) mass is 344 g/mol. The number of rotatable bonds is 4. The molecule has 1 heteroatoms. The molecule has 128 valence electrons. The maximum absolute atomic E-state index is 2.58. The van der Waals surface area contributed by atoms with Crippen molar-refractivity contribution in [2.24, 2.45) is 17.8 Å². The Morgan fingerprint density at radius 2 is 1.60 bits per heavy atom. The van der Waals surface area contributed by atoms with Crippen LogP contribution in [0.1, 0.15) is 20.3 Å². The molecule has 0 nitrogen and oxygen atoms in total. The first-order valence-corrected chi connectivity index (χ1v) is 12.6. The van der Waals surface area contributed by atoms with E-state index in [0.717, 1.165) is 0 Å². The van der Waals surface area contributed by atoms with Gasteiger partial charge in [-0.15, -0.1) is 0 Å². The van der Waals surface area contributed by atoms with Crippen molar-refractivity contribution in [3.63, 3.8) is 0 Å². The zero-order valence-electron chi connectivity index (χ0n) is 15.8. The number of fused-ring (bicyclic) bond motifs is 2. The zero-order valence-corrected chi connectivity index (χ0v) is 16.8. The second kappa shape index (κ2) is 6.14. The summed E-state index contributed by atoms with van der Waals surface area (Å²) in [6, 6.07) is 0. The Morgan fingerprint density at radius 3 is 2.36 bits per heavy atom. The third-order valence-corrected chi connectivity index (χ3v) is 9.96. The second-order valence-electron chi connectivity index (χ2n) is 8.17. The molecule has 0 aromatic carbocycles. The summed E-state index contributed by atoms with van der Waals surface area (Å²) in [4.78, 5) is 0. The highest BCUT2D eigenvalue weighted by Gasteiger charge is 2.40. The van der Waals surface area contributed by atoms with Gasteiger partial charge in [0.1, 0.15) is 8.07 Å². The van der Waals surface area contributed by atoms with E-state index >= 15 is 0 Å². The van der Waals surface area contributed by atoms with E-state index in [1.54, 1.807) is 21.5 Å². The maximum Gasteiger partial charge on any atom is 0.113 e. The lowest BCUT2D eigenvalue weighted by Crippen LogP contribution is -2.32. The van der Waals surface area contributed by atoms with Gasteiger partial charge in [0, 0.05) is 11.8 Å². The van der Waals surface area contributed by atoms with Crippen LogP contribution < -0.4 is 0 Å². The van der Waals surface area contributed by atoms with E-state index in [-0.39, 0.29) is 0 Å². The van der Waals surface area contributed by atoms with Gasteiger partial charge in [-0.1, -0.05) is 110 Å². The highest BCUT2D eigenvalue weighted by Crippen LogP contribution is 2.47. The molecular formula is C24H28Si. The quantitative estimate of drug-likeness (QED) is 0.517. The third kappa shape index (κ3) is 2.57. The molecule has 4 rings (SSSR count). The minimum absolute atomic E-state index is 0.495. The van der Waals surface area contributed by atoms with Gasteiger partial charge >= 0.3 is 0 Å². The van der Waals surface area contributed by atoms with Crippen molar-refractivity contribution >= 4 is 8.07 Å². The summed E-state index contributed by atoms with van der Waals surface area (Å²) in [6.45, 7) is 9.77. The van der Waals surface area contributed by atoms with Crippen molar-refractivity contribution < 1.29 is 0 Å². The van der Waals surface area contributed by atoms with Gasteiger partial charge in [0.25, 0.3) is 0 Å². The third-order valence-electron chi connectivity index (χ3n) is 6.38. The normalized spacial score (nSPS) is 27.9. The zero-order chi connectivity index (χ0) is 17.6. The molecule has 25 heavy (non-hydrogen) atoms. The van der Waals surface area contributed by atoms with Gasteiger partial charge in [-0.2, -0.15) is 0 Å². The van der Waals surface area contributed by atoms with Crippen molar-refractivity contribution in [3.05, 3.63) is 93.9 Å². The Bertz CT molecular complexity index is 833. The van der Waals surface area contributed by atoms with Crippen LogP contribution in [0.25, 0.3) is 0 Å². The Kier molecular flexibility index (Phi) is 4.08. The first-order chi connectivity index (χ1) is 12.0. The molecule has 0 heterocycles. The Hall–Kier alpha value is -1.86. The van der Waals surface area contributed by atoms with Crippen LogP contribution in [0.5, 0.6) is 0 Å². The van der Waals surface area contributed by atoms with Crippen LogP contribution in [0, 0.1) is 17.8 Å². The van der Waals surface area contributed by atoms with Crippen LogP contribution in [0.2, 0.25) is 13.1 Å². The molecule has 3 atom stereocenters. The van der Waals surface area contributed by atoms with Gasteiger partial charge in [-0.3, -0.25) is 0 Å². The summed E-state index contributed by atoms with van der Waals surface area (Å²) < 4.78 is 0. The summed E-state index contributed by atoms with van der Waals surface area (Å²) >= 11 is 0. The van der Waals surface area contributed by atoms with Gasteiger partial charge in [-0.05, 0) is 23.5 Å². The standard InChI is InChI=1S/C24H28Si/c1-5-17(2)22-16-24(21-13-9-8-12-20(21)22)25(3,4)23-15-14-18-10-6-7-11-19(18)23/h6-18,20H,5H2,1-4H3. The molecule has 3 unspecified atom stereocenters. The molecule has 0 radical (unpaired) electrons. The van der Waals surface area contributed by atoms with Crippen molar-refractivity contribution in [3.8, 4) is 0 Å². The van der Waals surface area contributed by atoms with Crippen molar-refractivity contribution in [2.75, 3.05) is 0 Å². The van der Waals surface area contributed by atoms with Crippen LogP contribution in [0.15, 0.2) is 93.9 Å². The van der Waals surface area contributed by atoms with E-state index in [1.807, 2.05) is 0 Å². The Balaban J connectivity index is 1.82. The highest BCUT2D eigenvalue weighted by molar-refractivity contribution is 6.92. The molecular weight excluding hydrogens is 316 g/mol. The molecule has 0 aromatic heterocycles. The molecule has 0 saturated heterocycles. The van der Waals surface area contributed by atoms with Crippen LogP contribution >= 0.6 is 0 Å². The fourth-order valence-corrected chi connectivity index (χ4v) is 7.92. The average Bonchev–Trinajstić information content (AvgIpc) is 3.23. The molecule has 0 fully saturated rings. The van der Waals surface area contributed by atoms with Crippen molar-refractivity contribution in [2.45, 2.75) is 33.4 Å². The van der Waals surface area contributed by atoms with Gasteiger partial charge < -0.3 is 0 Å². The van der Waals surface area contributed by atoms with Crippen LogP contribution in [-0.2, 0) is 0 Å². The summed E-state index contributed by atoms with van der Waals surface area (Å²) in [5.74, 6) is 1.66. The van der Waals surface area contributed by atoms with Crippen molar-refractivity contribution in [1.82, 2.24) is 0 Å². The van der Waals surface area contributed by atoms with Crippen molar-refractivity contribution in [1.29, 1.82) is 0 Å². The largest absolute Gasteiger partial charge is 0.113 e. The number of hydrogen-bond donors (Lipinski definition) is 0.